The zero-order chi connectivity index (χ0) is 8.10. The van der Waals surface area contributed by atoms with Crippen molar-refractivity contribution in [2.75, 3.05) is 24.2 Å². The summed E-state index contributed by atoms with van der Waals surface area (Å²) in [5.41, 5.74) is 7.20. The monoisotopic (exact) mass is 152 g/mol. The number of nitrogens with one attached hydrogen (secondary N) is 1. The van der Waals surface area contributed by atoms with Gasteiger partial charge in [0.1, 0.15) is 0 Å². The number of aliphatic hydroxyl groups excluding tert-OH is 1. The van der Waals surface area contributed by atoms with Crippen molar-refractivity contribution >= 4 is 11.4 Å². The van der Waals surface area contributed by atoms with Crippen molar-refractivity contribution in [1.29, 1.82) is 0 Å². The topological polar surface area (TPSA) is 58.3 Å². The van der Waals surface area contributed by atoms with E-state index in [1.807, 2.05) is 24.3 Å². The summed E-state index contributed by atoms with van der Waals surface area (Å²) in [5, 5.41) is 11.5. The number of anilines is 2. The molecule has 0 spiro atoms. The molecule has 0 fully saturated rings. The van der Waals surface area contributed by atoms with Gasteiger partial charge in [0, 0.05) is 17.9 Å². The molecule has 1 rings (SSSR count). The van der Waals surface area contributed by atoms with E-state index in [0.29, 0.717) is 6.54 Å². The highest BCUT2D eigenvalue weighted by Gasteiger charge is 1.89. The average Bonchev–Trinajstić information content (AvgIpc) is 2.01. The minimum atomic E-state index is 0.134. The number of hydrogen-bond donors (Lipinski definition) is 3. The Morgan fingerprint density at radius 1 is 1.45 bits per heavy atom. The van der Waals surface area contributed by atoms with Crippen LogP contribution in [0.25, 0.3) is 0 Å². The van der Waals surface area contributed by atoms with Crippen LogP contribution in [-0.2, 0) is 0 Å². The van der Waals surface area contributed by atoms with Gasteiger partial charge in [-0.15, -0.1) is 0 Å². The van der Waals surface area contributed by atoms with Crippen molar-refractivity contribution in [2.24, 2.45) is 0 Å². The smallest absolute Gasteiger partial charge is 0.0604 e. The van der Waals surface area contributed by atoms with Crippen LogP contribution in [-0.4, -0.2) is 18.3 Å². The molecule has 0 bridgehead atoms. The van der Waals surface area contributed by atoms with E-state index in [-0.39, 0.29) is 6.61 Å². The normalized spacial score (nSPS) is 9.55. The molecule has 1 aromatic rings. The summed E-state index contributed by atoms with van der Waals surface area (Å²) >= 11 is 0. The number of benzene rings is 1. The summed E-state index contributed by atoms with van der Waals surface area (Å²) in [6.07, 6.45) is 0. The summed E-state index contributed by atoms with van der Waals surface area (Å²) in [6.45, 7) is 0.693. The lowest BCUT2D eigenvalue weighted by Gasteiger charge is -2.03. The molecule has 0 atom stereocenters. The van der Waals surface area contributed by atoms with Crippen molar-refractivity contribution in [3.05, 3.63) is 24.3 Å². The molecular formula is C8H12N2O. The molecule has 0 saturated heterocycles. The summed E-state index contributed by atoms with van der Waals surface area (Å²) in [4.78, 5) is 0. The van der Waals surface area contributed by atoms with E-state index in [1.165, 1.54) is 0 Å². The van der Waals surface area contributed by atoms with Crippen molar-refractivity contribution in [1.82, 2.24) is 0 Å². The van der Waals surface area contributed by atoms with Crippen LogP contribution in [0.1, 0.15) is 0 Å². The SMILES string of the molecule is Nc1cccc(NCCO)c1. The first kappa shape index (κ1) is 7.88. The van der Waals surface area contributed by atoms with Gasteiger partial charge < -0.3 is 16.2 Å². The third kappa shape index (κ3) is 2.47. The van der Waals surface area contributed by atoms with Crippen LogP contribution in [0.5, 0.6) is 0 Å². The highest BCUT2D eigenvalue weighted by Crippen LogP contribution is 2.10. The van der Waals surface area contributed by atoms with E-state index in [9.17, 15) is 0 Å². The lowest BCUT2D eigenvalue weighted by Crippen LogP contribution is -2.05. The fourth-order valence-corrected chi connectivity index (χ4v) is 0.849. The molecule has 0 saturated carbocycles. The first-order valence-electron chi connectivity index (χ1n) is 3.53. The number of nitrogens with two attached hydrogens (primary N) is 1. The van der Waals surface area contributed by atoms with Crippen LogP contribution < -0.4 is 11.1 Å². The zero-order valence-electron chi connectivity index (χ0n) is 6.25. The first-order valence-corrected chi connectivity index (χ1v) is 3.53. The maximum Gasteiger partial charge on any atom is 0.0604 e. The number of nitrogen functional groups attached to an aromatic ring is 1. The van der Waals surface area contributed by atoms with Gasteiger partial charge >= 0.3 is 0 Å². The van der Waals surface area contributed by atoms with Gasteiger partial charge in [0.2, 0.25) is 0 Å². The molecule has 4 N–H and O–H groups in total. The van der Waals surface area contributed by atoms with E-state index in [1.54, 1.807) is 0 Å². The highest BCUT2D eigenvalue weighted by molar-refractivity contribution is 5.53. The zero-order valence-corrected chi connectivity index (χ0v) is 6.25. The number of hydrogen-bond acceptors (Lipinski definition) is 3. The Morgan fingerprint density at radius 3 is 2.91 bits per heavy atom. The molecule has 3 heteroatoms. The standard InChI is InChI=1S/C8H12N2O/c9-7-2-1-3-8(6-7)10-4-5-11/h1-3,6,10-11H,4-5,9H2. The summed E-state index contributed by atoms with van der Waals surface area (Å²) in [7, 11) is 0. The second-order valence-corrected chi connectivity index (χ2v) is 2.28. The molecule has 11 heavy (non-hydrogen) atoms. The van der Waals surface area contributed by atoms with Gasteiger partial charge in [-0.1, -0.05) is 6.07 Å². The van der Waals surface area contributed by atoms with Gasteiger partial charge in [-0.2, -0.15) is 0 Å². The molecule has 0 aliphatic heterocycles. The van der Waals surface area contributed by atoms with E-state index in [2.05, 4.69) is 5.32 Å². The van der Waals surface area contributed by atoms with Gasteiger partial charge in [0.15, 0.2) is 0 Å². The Labute approximate surface area is 65.8 Å². The van der Waals surface area contributed by atoms with E-state index >= 15 is 0 Å². The van der Waals surface area contributed by atoms with Gasteiger partial charge in [-0.05, 0) is 18.2 Å². The molecule has 0 aliphatic rings. The van der Waals surface area contributed by atoms with Gasteiger partial charge in [0.25, 0.3) is 0 Å². The average molecular weight is 152 g/mol. The minimum Gasteiger partial charge on any atom is -0.399 e. The Kier molecular flexibility index (Phi) is 2.74. The Hall–Kier alpha value is -1.22. The van der Waals surface area contributed by atoms with Gasteiger partial charge in [0.05, 0.1) is 6.61 Å². The largest absolute Gasteiger partial charge is 0.399 e. The molecule has 60 valence electrons. The molecule has 1 aromatic carbocycles. The maximum atomic E-state index is 8.50. The predicted molar refractivity (Wildman–Crippen MR) is 46.4 cm³/mol. The molecule has 0 radical (unpaired) electrons. The van der Waals surface area contributed by atoms with Crippen LogP contribution in [0.4, 0.5) is 11.4 Å². The Morgan fingerprint density at radius 2 is 2.27 bits per heavy atom. The van der Waals surface area contributed by atoms with E-state index in [4.69, 9.17) is 10.8 Å². The molecular weight excluding hydrogens is 140 g/mol. The molecule has 0 heterocycles. The van der Waals surface area contributed by atoms with Gasteiger partial charge in [-0.3, -0.25) is 0 Å². The second kappa shape index (κ2) is 3.83. The first-order chi connectivity index (χ1) is 5.33. The van der Waals surface area contributed by atoms with Crippen LogP contribution in [0.2, 0.25) is 0 Å². The number of aliphatic hydroxyl groups is 1. The lowest BCUT2D eigenvalue weighted by molar-refractivity contribution is 0.311. The quantitative estimate of drug-likeness (QED) is 0.558. The molecule has 0 aromatic heterocycles. The number of rotatable bonds is 3. The predicted octanol–water partition coefficient (Wildman–Crippen LogP) is 0.673. The van der Waals surface area contributed by atoms with Crippen LogP contribution in [0, 0.1) is 0 Å². The van der Waals surface area contributed by atoms with E-state index < -0.39 is 0 Å². The van der Waals surface area contributed by atoms with Crippen molar-refractivity contribution < 1.29 is 5.11 Å². The minimum absolute atomic E-state index is 0.134. The lowest BCUT2D eigenvalue weighted by atomic mass is 10.3. The third-order valence-electron chi connectivity index (χ3n) is 1.33. The fraction of sp³-hybridized carbons (Fsp3) is 0.250. The van der Waals surface area contributed by atoms with Crippen LogP contribution in [0.15, 0.2) is 24.3 Å². The Bertz CT molecular complexity index is 225. The third-order valence-corrected chi connectivity index (χ3v) is 1.33. The molecule has 0 unspecified atom stereocenters. The van der Waals surface area contributed by atoms with Crippen LogP contribution in [0.3, 0.4) is 0 Å². The van der Waals surface area contributed by atoms with Crippen molar-refractivity contribution in [3.8, 4) is 0 Å². The van der Waals surface area contributed by atoms with Crippen LogP contribution >= 0.6 is 0 Å². The van der Waals surface area contributed by atoms with E-state index in [0.717, 1.165) is 11.4 Å². The molecule has 0 aliphatic carbocycles. The van der Waals surface area contributed by atoms with Crippen molar-refractivity contribution in [2.45, 2.75) is 0 Å². The highest BCUT2D eigenvalue weighted by atomic mass is 16.3. The summed E-state index contributed by atoms with van der Waals surface area (Å²) in [5.74, 6) is 0. The molecule has 3 nitrogen and oxygen atoms in total. The summed E-state index contributed by atoms with van der Waals surface area (Å²) < 4.78 is 0. The Balaban J connectivity index is 2.56. The summed E-state index contributed by atoms with van der Waals surface area (Å²) in [6, 6.07) is 7.43. The van der Waals surface area contributed by atoms with Crippen molar-refractivity contribution in [3.63, 3.8) is 0 Å². The maximum absolute atomic E-state index is 8.50. The second-order valence-electron chi connectivity index (χ2n) is 2.28. The molecule has 0 amide bonds. The fourth-order valence-electron chi connectivity index (χ4n) is 0.849. The van der Waals surface area contributed by atoms with Gasteiger partial charge in [-0.25, -0.2) is 0 Å².